The van der Waals surface area contributed by atoms with Crippen LogP contribution in [-0.4, -0.2) is 63.7 Å². The third-order valence-corrected chi connectivity index (χ3v) is 20.2. The monoisotopic (exact) mass is 1220 g/mol. The molecule has 0 fully saturated rings. The Balaban J connectivity index is -0.000000397. The number of rotatable bonds is 8. The fourth-order valence-corrected chi connectivity index (χ4v) is 24.0. The molecule has 73 heavy (non-hydrogen) atoms. The van der Waals surface area contributed by atoms with Crippen molar-refractivity contribution in [3.8, 4) is 11.5 Å². The fraction of sp³-hybridized carbons (Fsp3) is 0.508. The van der Waals surface area contributed by atoms with E-state index in [2.05, 4.69) is 258 Å². The second-order valence-electron chi connectivity index (χ2n) is 23.9. The van der Waals surface area contributed by atoms with Crippen LogP contribution < -0.4 is 71.1 Å². The second kappa shape index (κ2) is 36.8. The van der Waals surface area contributed by atoms with E-state index in [0.717, 1.165) is 34.7 Å². The summed E-state index contributed by atoms with van der Waals surface area (Å²) in [5, 5.41) is 5.78. The topological polar surface area (TPSA) is 63.7 Å². The Morgan fingerprint density at radius 1 is 0.493 bits per heavy atom. The van der Waals surface area contributed by atoms with Gasteiger partial charge in [0.15, 0.2) is 5.16 Å². The van der Waals surface area contributed by atoms with Crippen molar-refractivity contribution in [3.05, 3.63) is 155 Å². The Bertz CT molecular complexity index is 2040. The Labute approximate surface area is 517 Å². The van der Waals surface area contributed by atoms with Gasteiger partial charge in [0.2, 0.25) is 0 Å². The molecule has 0 atom stereocenters. The van der Waals surface area contributed by atoms with Gasteiger partial charge in [0, 0.05) is 82.9 Å². The number of benzene rings is 5. The van der Waals surface area contributed by atoms with Crippen molar-refractivity contribution in [3.63, 3.8) is 0 Å². The van der Waals surface area contributed by atoms with Crippen molar-refractivity contribution in [1.82, 2.24) is 0 Å². The summed E-state index contributed by atoms with van der Waals surface area (Å²) >= 11 is 3.32. The van der Waals surface area contributed by atoms with Gasteiger partial charge in [0.25, 0.3) is 0 Å². The molecule has 5 aromatic rings. The van der Waals surface area contributed by atoms with E-state index in [1.54, 1.807) is 14.2 Å². The molecular weight excluding hydrogens is 1120 g/mol. The van der Waals surface area contributed by atoms with Gasteiger partial charge in [-0.15, -0.1) is 0 Å². The van der Waals surface area contributed by atoms with Crippen molar-refractivity contribution in [2.45, 2.75) is 183 Å². The third kappa shape index (κ3) is 33.6. The number of nitrogens with zero attached hydrogens (tertiary/aromatic N) is 1. The van der Waals surface area contributed by atoms with Crippen LogP contribution in [0.25, 0.3) is 0 Å². The van der Waals surface area contributed by atoms with Crippen molar-refractivity contribution in [2.24, 2.45) is 0 Å². The maximum Gasteiger partial charge on any atom is 1.00 e. The molecule has 0 aliphatic carbocycles. The van der Waals surface area contributed by atoms with E-state index in [9.17, 15) is 0 Å². The minimum atomic E-state index is -0.502. The zero-order chi connectivity index (χ0) is 54.3. The maximum atomic E-state index is 5.28. The van der Waals surface area contributed by atoms with Gasteiger partial charge in [-0.25, -0.2) is 0 Å². The fourth-order valence-electron chi connectivity index (χ4n) is 10.6. The second-order valence-corrected chi connectivity index (χ2v) is 35.1. The number of methoxy groups -OCH3 is 2. The van der Waals surface area contributed by atoms with Gasteiger partial charge >= 0.3 is 51.4 Å². The third-order valence-electron chi connectivity index (χ3n) is 10.9. The summed E-state index contributed by atoms with van der Waals surface area (Å²) in [5.41, 5.74) is 7.47. The van der Waals surface area contributed by atoms with Crippen molar-refractivity contribution < 1.29 is 86.8 Å². The molecule has 0 radical (unpaired) electrons. The van der Waals surface area contributed by atoms with Crippen molar-refractivity contribution in [2.75, 3.05) is 37.5 Å². The van der Waals surface area contributed by atoms with Gasteiger partial charge in [0.05, 0.1) is 47.9 Å². The normalized spacial score (nSPS) is 11.2. The number of hydrogen-bond donors (Lipinski definition) is 1. The van der Waals surface area contributed by atoms with E-state index < -0.39 is 15.8 Å². The van der Waals surface area contributed by atoms with E-state index in [1.165, 1.54) is 28.1 Å². The molecule has 408 valence electrons. The average Bonchev–Trinajstić information content (AvgIpc) is 3.21. The molecule has 0 spiro atoms. The quantitative estimate of drug-likeness (QED) is 0.0953. The molecule has 5 nitrogen and oxygen atoms in total. The summed E-state index contributed by atoms with van der Waals surface area (Å²) in [6.07, 6.45) is 0. The van der Waals surface area contributed by atoms with Gasteiger partial charge in [-0.1, -0.05) is 99.4 Å². The smallest absolute Gasteiger partial charge is 0.870 e. The van der Waals surface area contributed by atoms with Crippen LogP contribution in [0.15, 0.2) is 132 Å². The van der Waals surface area contributed by atoms with Crippen LogP contribution in [0.1, 0.15) is 148 Å². The van der Waals surface area contributed by atoms with Crippen LogP contribution in [0, 0.1) is 27.7 Å². The SMILES string of the molecule is CC(C)(C)[PH+](C(C)(C)C)C(C)(C)C.CCN(c1ccc(C)cc1)c1cccc(OC)c1.CCNc1ccc(C)cc1.COc1cccc(Br)c1.Cc1ccccc1.[CH2+]C(C)(C)[PH+](C(C)(C)C)C(C)(C)C.[K+].[OH-].[Pd]. The number of hydrogen-bond acceptors (Lipinski definition) is 5. The molecular formula is C63H103BrKN2O3P2Pd+3. The molecule has 0 heterocycles. The van der Waals surface area contributed by atoms with E-state index in [0.29, 0.717) is 25.8 Å². The van der Waals surface area contributed by atoms with E-state index in [4.69, 9.17) is 9.47 Å². The first kappa shape index (κ1) is 78.3. The minimum Gasteiger partial charge on any atom is -0.870 e. The number of ether oxygens (including phenoxy) is 2. The van der Waals surface area contributed by atoms with E-state index >= 15 is 0 Å². The first-order chi connectivity index (χ1) is 32.0. The van der Waals surface area contributed by atoms with E-state index in [1.807, 2.05) is 54.6 Å². The van der Waals surface area contributed by atoms with Crippen LogP contribution in [0.4, 0.5) is 17.1 Å². The van der Waals surface area contributed by atoms with Gasteiger partial charge in [-0.3, -0.25) is 0 Å². The molecule has 2 N–H and O–H groups in total. The standard InChI is InChI=1S/C16H19NO.C12H27P.C12H26P.C9H13N.C7H7BrO.C7H8.K.H2O.Pd/c1-4-17(14-10-8-13(2)9-11-14)15-6-5-7-16(12-15)18-3;2*1-10(2,3)13(11(4,5)6)12(7,8)9;1-3-10-9-6-4-8(2)5-7-9;1-9-7-4-2-3-6(8)5-7;1-7-5-3-2-4-6-7;;;/h5-12H,4H2,1-3H3;1-9H3;1H2,2-9H3;4-7,10H,3H2,1-2H3;2-5H,1H3;2-6H,1H3;;1H2;/q;;+1;;;;+1;;/p+1. The average molecular weight is 1220 g/mol. The van der Waals surface area contributed by atoms with Crippen LogP contribution in [-0.2, 0) is 20.4 Å². The Hall–Kier alpha value is -1.23. The molecule has 0 aliphatic rings. The molecule has 0 amide bonds. The van der Waals surface area contributed by atoms with Crippen molar-refractivity contribution >= 4 is 48.8 Å². The van der Waals surface area contributed by atoms with Crippen LogP contribution in [0.5, 0.6) is 11.5 Å². The largest absolute Gasteiger partial charge is 1.00 e. The molecule has 0 bridgehead atoms. The molecule has 0 saturated heterocycles. The van der Waals surface area contributed by atoms with Crippen LogP contribution in [0.3, 0.4) is 0 Å². The Kier molecular flexibility index (Phi) is 39.4. The first-order valence-electron chi connectivity index (χ1n) is 25.2. The van der Waals surface area contributed by atoms with Gasteiger partial charge in [-0.05, 0) is 193 Å². The summed E-state index contributed by atoms with van der Waals surface area (Å²) in [7, 11) is 2.46. The number of aryl methyl sites for hydroxylation is 3. The number of nitrogens with one attached hydrogen (secondary N) is 1. The maximum absolute atomic E-state index is 5.28. The summed E-state index contributed by atoms with van der Waals surface area (Å²) in [5.74, 6) is 1.77. The molecule has 0 saturated carbocycles. The summed E-state index contributed by atoms with van der Waals surface area (Å²) in [6, 6.07) is 43.1. The molecule has 0 aromatic heterocycles. The molecule has 10 heteroatoms. The number of halogens is 1. The molecule has 5 rings (SSSR count). The van der Waals surface area contributed by atoms with Crippen LogP contribution in [0.2, 0.25) is 0 Å². The van der Waals surface area contributed by atoms with Crippen molar-refractivity contribution in [1.29, 1.82) is 0 Å². The Morgan fingerprint density at radius 3 is 1.14 bits per heavy atom. The predicted molar refractivity (Wildman–Crippen MR) is 331 cm³/mol. The first-order valence-corrected chi connectivity index (χ1v) is 29.0. The molecule has 0 aliphatic heterocycles. The van der Waals surface area contributed by atoms with Gasteiger partial charge in [-0.2, -0.15) is 0 Å². The Morgan fingerprint density at radius 2 is 0.863 bits per heavy atom. The zero-order valence-electron chi connectivity index (χ0n) is 50.7. The summed E-state index contributed by atoms with van der Waals surface area (Å²) < 4.78 is 11.3. The zero-order valence-corrected chi connectivity index (χ0v) is 58.9. The predicted octanol–water partition coefficient (Wildman–Crippen LogP) is 16.9. The van der Waals surface area contributed by atoms with E-state index in [-0.39, 0.29) is 82.4 Å². The summed E-state index contributed by atoms with van der Waals surface area (Å²) in [4.78, 5) is 2.27. The summed E-state index contributed by atoms with van der Waals surface area (Å²) in [6.45, 7) is 57.1. The molecule has 5 aromatic carbocycles. The minimum absolute atomic E-state index is 0. The van der Waals surface area contributed by atoms with Crippen LogP contribution >= 0.6 is 31.8 Å². The van der Waals surface area contributed by atoms with Gasteiger partial charge < -0.3 is 25.2 Å². The molecule has 0 unspecified atom stereocenters. The van der Waals surface area contributed by atoms with Gasteiger partial charge in [0.1, 0.15) is 18.4 Å². The number of anilines is 3.